The Bertz CT molecular complexity index is 463. The summed E-state index contributed by atoms with van der Waals surface area (Å²) in [5.74, 6) is 0. The van der Waals surface area contributed by atoms with Gasteiger partial charge in [0.25, 0.3) is 0 Å². The molecule has 1 aliphatic rings. The van der Waals surface area contributed by atoms with Crippen molar-refractivity contribution in [3.05, 3.63) is 35.9 Å². The predicted molar refractivity (Wildman–Crippen MR) is 86.7 cm³/mol. The van der Waals surface area contributed by atoms with Crippen molar-refractivity contribution in [2.45, 2.75) is 64.9 Å². The van der Waals surface area contributed by atoms with E-state index in [1.54, 1.807) is 0 Å². The van der Waals surface area contributed by atoms with Crippen LogP contribution in [0.25, 0.3) is 0 Å². The SMILES string of the molecule is CCC(C)OC(=O)N1C[C@@H](OCc2ccccc2)C[C@@H]1CC. The quantitative estimate of drug-likeness (QED) is 0.797. The van der Waals surface area contributed by atoms with E-state index in [1.165, 1.54) is 0 Å². The van der Waals surface area contributed by atoms with Crippen molar-refractivity contribution in [2.75, 3.05) is 6.54 Å². The third kappa shape index (κ3) is 4.47. The van der Waals surface area contributed by atoms with Gasteiger partial charge in [0.2, 0.25) is 0 Å². The molecule has 1 heterocycles. The summed E-state index contributed by atoms with van der Waals surface area (Å²) in [5.41, 5.74) is 1.16. The van der Waals surface area contributed by atoms with Crippen LogP contribution in [0, 0.1) is 0 Å². The second-order valence-corrected chi connectivity index (χ2v) is 5.97. The molecule has 1 aliphatic heterocycles. The van der Waals surface area contributed by atoms with Crippen LogP contribution in [0.1, 0.15) is 45.6 Å². The van der Waals surface area contributed by atoms with E-state index in [4.69, 9.17) is 9.47 Å². The maximum absolute atomic E-state index is 12.3. The molecule has 1 fully saturated rings. The molecule has 3 atom stereocenters. The topological polar surface area (TPSA) is 38.8 Å². The van der Waals surface area contributed by atoms with Gasteiger partial charge in [-0.3, -0.25) is 0 Å². The molecule has 0 spiro atoms. The molecule has 1 aromatic rings. The number of carbonyl (C=O) groups is 1. The maximum Gasteiger partial charge on any atom is 0.410 e. The molecule has 0 bridgehead atoms. The van der Waals surface area contributed by atoms with E-state index in [0.29, 0.717) is 13.2 Å². The zero-order valence-corrected chi connectivity index (χ0v) is 13.8. The van der Waals surface area contributed by atoms with Gasteiger partial charge in [-0.05, 0) is 31.7 Å². The zero-order valence-electron chi connectivity index (χ0n) is 13.8. The van der Waals surface area contributed by atoms with Gasteiger partial charge < -0.3 is 14.4 Å². The Hall–Kier alpha value is -1.55. The highest BCUT2D eigenvalue weighted by Crippen LogP contribution is 2.25. The molecule has 22 heavy (non-hydrogen) atoms. The van der Waals surface area contributed by atoms with Crippen LogP contribution in [0.15, 0.2) is 30.3 Å². The van der Waals surface area contributed by atoms with E-state index in [2.05, 4.69) is 19.1 Å². The number of likely N-dealkylation sites (tertiary alicyclic amines) is 1. The Kier molecular flexibility index (Phi) is 6.25. The fraction of sp³-hybridized carbons (Fsp3) is 0.611. The molecule has 4 heteroatoms. The van der Waals surface area contributed by atoms with Crippen LogP contribution < -0.4 is 0 Å². The van der Waals surface area contributed by atoms with E-state index in [-0.39, 0.29) is 24.3 Å². The molecule has 0 saturated carbocycles. The van der Waals surface area contributed by atoms with Crippen molar-refractivity contribution in [2.24, 2.45) is 0 Å². The van der Waals surface area contributed by atoms with Gasteiger partial charge in [0.15, 0.2) is 0 Å². The molecule has 122 valence electrons. The molecule has 0 aliphatic carbocycles. The van der Waals surface area contributed by atoms with E-state index >= 15 is 0 Å². The number of rotatable bonds is 6. The highest BCUT2D eigenvalue weighted by atomic mass is 16.6. The molecule has 2 rings (SSSR count). The molecular formula is C18H27NO3. The van der Waals surface area contributed by atoms with Gasteiger partial charge in [0.1, 0.15) is 6.10 Å². The molecule has 1 aromatic carbocycles. The summed E-state index contributed by atoms with van der Waals surface area (Å²) in [6.45, 7) is 7.27. The Morgan fingerprint density at radius 3 is 2.68 bits per heavy atom. The highest BCUT2D eigenvalue weighted by molar-refractivity contribution is 5.68. The number of ether oxygens (including phenoxy) is 2. The first kappa shape index (κ1) is 16.8. The molecule has 0 radical (unpaired) electrons. The second kappa shape index (κ2) is 8.18. The average Bonchev–Trinajstić information content (AvgIpc) is 2.97. The standard InChI is InChI=1S/C18H27NO3/c1-4-14(3)22-18(20)19-12-17(11-16(19)5-2)21-13-15-9-7-6-8-10-15/h6-10,14,16-17H,4-5,11-13H2,1-3H3/t14?,16-,17-/m0/s1. The summed E-state index contributed by atoms with van der Waals surface area (Å²) in [4.78, 5) is 14.1. The van der Waals surface area contributed by atoms with Crippen LogP contribution in [0.2, 0.25) is 0 Å². The molecule has 1 amide bonds. The van der Waals surface area contributed by atoms with Crippen molar-refractivity contribution in [3.63, 3.8) is 0 Å². The van der Waals surface area contributed by atoms with Gasteiger partial charge in [-0.15, -0.1) is 0 Å². The number of nitrogens with zero attached hydrogens (tertiary/aromatic N) is 1. The average molecular weight is 305 g/mol. The molecule has 0 N–H and O–H groups in total. The van der Waals surface area contributed by atoms with Gasteiger partial charge in [-0.2, -0.15) is 0 Å². The fourth-order valence-corrected chi connectivity index (χ4v) is 2.72. The summed E-state index contributed by atoms with van der Waals surface area (Å²) in [7, 11) is 0. The number of carbonyl (C=O) groups excluding carboxylic acids is 1. The first-order valence-electron chi connectivity index (χ1n) is 8.26. The van der Waals surface area contributed by atoms with Gasteiger partial charge in [0.05, 0.1) is 19.3 Å². The minimum absolute atomic E-state index is 0.0331. The second-order valence-electron chi connectivity index (χ2n) is 5.97. The first-order valence-corrected chi connectivity index (χ1v) is 8.26. The van der Waals surface area contributed by atoms with E-state index in [0.717, 1.165) is 24.8 Å². The van der Waals surface area contributed by atoms with Crippen molar-refractivity contribution in [3.8, 4) is 0 Å². The van der Waals surface area contributed by atoms with Crippen molar-refractivity contribution < 1.29 is 14.3 Å². The lowest BCUT2D eigenvalue weighted by atomic mass is 10.1. The van der Waals surface area contributed by atoms with Crippen LogP contribution >= 0.6 is 0 Å². The molecular weight excluding hydrogens is 278 g/mol. The van der Waals surface area contributed by atoms with Crippen molar-refractivity contribution in [1.82, 2.24) is 4.90 Å². The number of amides is 1. The van der Waals surface area contributed by atoms with E-state index in [1.807, 2.05) is 36.9 Å². The van der Waals surface area contributed by atoms with Gasteiger partial charge in [-0.25, -0.2) is 4.79 Å². The lowest BCUT2D eigenvalue weighted by Gasteiger charge is -2.24. The van der Waals surface area contributed by atoms with E-state index < -0.39 is 0 Å². The predicted octanol–water partition coefficient (Wildman–Crippen LogP) is 3.99. The fourth-order valence-electron chi connectivity index (χ4n) is 2.72. The summed E-state index contributed by atoms with van der Waals surface area (Å²) in [6.07, 6.45) is 2.51. The first-order chi connectivity index (χ1) is 10.6. The Labute approximate surface area is 133 Å². The van der Waals surface area contributed by atoms with Gasteiger partial charge in [-0.1, -0.05) is 44.2 Å². The minimum Gasteiger partial charge on any atom is -0.446 e. The maximum atomic E-state index is 12.3. The van der Waals surface area contributed by atoms with Gasteiger partial charge >= 0.3 is 6.09 Å². The van der Waals surface area contributed by atoms with Crippen LogP contribution in [0.4, 0.5) is 4.79 Å². The third-order valence-electron chi connectivity index (χ3n) is 4.29. The van der Waals surface area contributed by atoms with Crippen LogP contribution in [-0.2, 0) is 16.1 Å². The van der Waals surface area contributed by atoms with E-state index in [9.17, 15) is 4.79 Å². The van der Waals surface area contributed by atoms with Crippen LogP contribution in [-0.4, -0.2) is 35.8 Å². The minimum atomic E-state index is -0.202. The lowest BCUT2D eigenvalue weighted by Crippen LogP contribution is -2.37. The third-order valence-corrected chi connectivity index (χ3v) is 4.29. The highest BCUT2D eigenvalue weighted by Gasteiger charge is 2.36. The summed E-state index contributed by atoms with van der Waals surface area (Å²) >= 11 is 0. The lowest BCUT2D eigenvalue weighted by molar-refractivity contribution is 0.0381. The Morgan fingerprint density at radius 2 is 2.05 bits per heavy atom. The summed E-state index contributed by atoms with van der Waals surface area (Å²) in [5, 5.41) is 0. The molecule has 1 unspecified atom stereocenters. The monoisotopic (exact) mass is 305 g/mol. The summed E-state index contributed by atoms with van der Waals surface area (Å²) in [6, 6.07) is 10.4. The number of hydrogen-bond acceptors (Lipinski definition) is 3. The van der Waals surface area contributed by atoms with Crippen LogP contribution in [0.3, 0.4) is 0 Å². The Balaban J connectivity index is 1.87. The number of benzene rings is 1. The van der Waals surface area contributed by atoms with Crippen LogP contribution in [0.5, 0.6) is 0 Å². The Morgan fingerprint density at radius 1 is 1.32 bits per heavy atom. The zero-order chi connectivity index (χ0) is 15.9. The van der Waals surface area contributed by atoms with Crippen molar-refractivity contribution in [1.29, 1.82) is 0 Å². The largest absolute Gasteiger partial charge is 0.446 e. The normalized spacial score (nSPS) is 22.6. The molecule has 4 nitrogen and oxygen atoms in total. The number of hydrogen-bond donors (Lipinski definition) is 0. The molecule has 1 saturated heterocycles. The summed E-state index contributed by atoms with van der Waals surface area (Å²) < 4.78 is 11.4. The van der Waals surface area contributed by atoms with Gasteiger partial charge in [0, 0.05) is 6.04 Å². The van der Waals surface area contributed by atoms with Crippen molar-refractivity contribution >= 4 is 6.09 Å². The smallest absolute Gasteiger partial charge is 0.410 e. The molecule has 0 aromatic heterocycles.